The van der Waals surface area contributed by atoms with Crippen molar-refractivity contribution in [2.75, 3.05) is 5.73 Å². The Morgan fingerprint density at radius 1 is 0.952 bits per heavy atom. The topological polar surface area (TPSA) is 61.0 Å². The lowest BCUT2D eigenvalue weighted by atomic mass is 10.1. The van der Waals surface area contributed by atoms with Gasteiger partial charge in [-0.15, -0.1) is 0 Å². The summed E-state index contributed by atoms with van der Waals surface area (Å²) in [6.07, 6.45) is 1.66. The maximum atomic E-state index is 5.94. The van der Waals surface area contributed by atoms with Crippen LogP contribution in [-0.2, 0) is 0 Å². The summed E-state index contributed by atoms with van der Waals surface area (Å²) in [6, 6.07) is 17.9. The molecule has 0 bridgehead atoms. The molecule has 0 atom stereocenters. The van der Waals surface area contributed by atoms with Crippen molar-refractivity contribution in [1.29, 1.82) is 0 Å². The molecule has 104 valence electrons. The normalized spacial score (nSPS) is 10.3. The van der Waals surface area contributed by atoms with Gasteiger partial charge in [0.05, 0.1) is 0 Å². The molecule has 3 rings (SSSR count). The van der Waals surface area contributed by atoms with E-state index >= 15 is 0 Å². The lowest BCUT2D eigenvalue weighted by molar-refractivity contribution is 0.460. The van der Waals surface area contributed by atoms with Crippen molar-refractivity contribution in [3.63, 3.8) is 0 Å². The standard InChI is InChI=1S/C17H15N3O/c1-12-11-19-17(18)20-16(12)21-15-10-6-5-9-14(15)13-7-3-2-4-8-13/h2-11H,1H3,(H2,18,19,20). The zero-order chi connectivity index (χ0) is 14.7. The second kappa shape index (κ2) is 5.63. The molecule has 1 heterocycles. The Hall–Kier alpha value is -2.88. The quantitative estimate of drug-likeness (QED) is 0.790. The molecule has 0 aliphatic carbocycles. The van der Waals surface area contributed by atoms with Gasteiger partial charge in [-0.3, -0.25) is 0 Å². The predicted molar refractivity (Wildman–Crippen MR) is 83.1 cm³/mol. The van der Waals surface area contributed by atoms with E-state index in [0.29, 0.717) is 5.88 Å². The average Bonchev–Trinajstić information content (AvgIpc) is 2.52. The minimum absolute atomic E-state index is 0.202. The molecule has 0 spiro atoms. The number of nitrogens with two attached hydrogens (primary N) is 1. The first-order valence-corrected chi connectivity index (χ1v) is 6.65. The lowest BCUT2D eigenvalue weighted by Crippen LogP contribution is -1.99. The van der Waals surface area contributed by atoms with Gasteiger partial charge in [-0.25, -0.2) is 4.98 Å². The zero-order valence-electron chi connectivity index (χ0n) is 11.7. The highest BCUT2D eigenvalue weighted by Crippen LogP contribution is 2.33. The molecule has 1 aromatic heterocycles. The molecule has 2 N–H and O–H groups in total. The predicted octanol–water partition coefficient (Wildman–Crippen LogP) is 3.83. The number of anilines is 1. The van der Waals surface area contributed by atoms with Gasteiger partial charge < -0.3 is 10.5 Å². The highest BCUT2D eigenvalue weighted by Gasteiger charge is 2.09. The van der Waals surface area contributed by atoms with Crippen LogP contribution >= 0.6 is 0 Å². The third-order valence-electron chi connectivity index (χ3n) is 3.12. The largest absolute Gasteiger partial charge is 0.438 e. The van der Waals surface area contributed by atoms with E-state index in [0.717, 1.165) is 22.4 Å². The van der Waals surface area contributed by atoms with Crippen LogP contribution in [0.3, 0.4) is 0 Å². The van der Waals surface area contributed by atoms with Gasteiger partial charge in [0.25, 0.3) is 0 Å². The van der Waals surface area contributed by atoms with Crippen LogP contribution in [0.25, 0.3) is 11.1 Å². The summed E-state index contributed by atoms with van der Waals surface area (Å²) in [4.78, 5) is 8.10. The number of ether oxygens (including phenoxy) is 1. The van der Waals surface area contributed by atoms with Crippen LogP contribution in [0.1, 0.15) is 5.56 Å². The number of aromatic nitrogens is 2. The van der Waals surface area contributed by atoms with Crippen LogP contribution in [0.15, 0.2) is 60.8 Å². The third kappa shape index (κ3) is 2.84. The lowest BCUT2D eigenvalue weighted by Gasteiger charge is -2.12. The minimum Gasteiger partial charge on any atom is -0.438 e. The van der Waals surface area contributed by atoms with Crippen LogP contribution in [-0.4, -0.2) is 9.97 Å². The Morgan fingerprint density at radius 2 is 1.67 bits per heavy atom. The number of benzene rings is 2. The van der Waals surface area contributed by atoms with Crippen molar-refractivity contribution >= 4 is 5.95 Å². The molecule has 0 saturated carbocycles. The molecule has 3 aromatic rings. The summed E-state index contributed by atoms with van der Waals surface area (Å²) in [5.74, 6) is 1.42. The van der Waals surface area contributed by atoms with E-state index in [1.807, 2.05) is 61.5 Å². The SMILES string of the molecule is Cc1cnc(N)nc1Oc1ccccc1-c1ccccc1. The average molecular weight is 277 g/mol. The van der Waals surface area contributed by atoms with E-state index in [-0.39, 0.29) is 5.95 Å². The van der Waals surface area contributed by atoms with Crippen LogP contribution < -0.4 is 10.5 Å². The number of aryl methyl sites for hydroxylation is 1. The highest BCUT2D eigenvalue weighted by atomic mass is 16.5. The maximum absolute atomic E-state index is 5.94. The summed E-state index contributed by atoms with van der Waals surface area (Å²) in [5, 5.41) is 0. The summed E-state index contributed by atoms with van der Waals surface area (Å²) < 4.78 is 5.94. The summed E-state index contributed by atoms with van der Waals surface area (Å²) in [7, 11) is 0. The van der Waals surface area contributed by atoms with Gasteiger partial charge in [0.2, 0.25) is 11.8 Å². The zero-order valence-corrected chi connectivity index (χ0v) is 11.7. The fourth-order valence-electron chi connectivity index (χ4n) is 2.06. The van der Waals surface area contributed by atoms with Gasteiger partial charge in [-0.1, -0.05) is 48.5 Å². The molecule has 0 unspecified atom stereocenters. The second-order valence-electron chi connectivity index (χ2n) is 4.68. The maximum Gasteiger partial charge on any atom is 0.226 e. The smallest absolute Gasteiger partial charge is 0.226 e. The van der Waals surface area contributed by atoms with Gasteiger partial charge in [0.15, 0.2) is 0 Å². The van der Waals surface area contributed by atoms with Crippen molar-refractivity contribution in [3.8, 4) is 22.8 Å². The number of hydrogen-bond donors (Lipinski definition) is 1. The molecule has 0 fully saturated rings. The van der Waals surface area contributed by atoms with Crippen molar-refractivity contribution in [2.45, 2.75) is 6.92 Å². The molecular weight excluding hydrogens is 262 g/mol. The molecule has 21 heavy (non-hydrogen) atoms. The van der Waals surface area contributed by atoms with E-state index in [1.54, 1.807) is 6.20 Å². The van der Waals surface area contributed by atoms with Crippen LogP contribution in [0.5, 0.6) is 11.6 Å². The van der Waals surface area contributed by atoms with Gasteiger partial charge >= 0.3 is 0 Å². The fourth-order valence-corrected chi connectivity index (χ4v) is 2.06. The summed E-state index contributed by atoms with van der Waals surface area (Å²) in [5.41, 5.74) is 8.57. The Morgan fingerprint density at radius 3 is 2.48 bits per heavy atom. The van der Waals surface area contributed by atoms with E-state index < -0.39 is 0 Å². The monoisotopic (exact) mass is 277 g/mol. The Kier molecular flexibility index (Phi) is 3.51. The summed E-state index contributed by atoms with van der Waals surface area (Å²) in [6.45, 7) is 1.89. The molecule has 0 amide bonds. The number of nitrogen functional groups attached to an aromatic ring is 1. The molecule has 0 saturated heterocycles. The Bertz CT molecular complexity index is 757. The molecule has 0 aliphatic rings. The summed E-state index contributed by atoms with van der Waals surface area (Å²) >= 11 is 0. The third-order valence-corrected chi connectivity index (χ3v) is 3.12. The Labute approximate surface area is 123 Å². The van der Waals surface area contributed by atoms with E-state index in [4.69, 9.17) is 10.5 Å². The first-order valence-electron chi connectivity index (χ1n) is 6.65. The molecule has 0 radical (unpaired) electrons. The molecular formula is C17H15N3O. The number of hydrogen-bond acceptors (Lipinski definition) is 4. The van der Waals surface area contributed by atoms with E-state index in [1.165, 1.54) is 0 Å². The molecule has 0 aliphatic heterocycles. The molecule has 4 nitrogen and oxygen atoms in total. The van der Waals surface area contributed by atoms with Gasteiger partial charge in [-0.05, 0) is 18.6 Å². The minimum atomic E-state index is 0.202. The van der Waals surface area contributed by atoms with Gasteiger partial charge in [0.1, 0.15) is 5.75 Å². The first kappa shape index (κ1) is 13.1. The van der Waals surface area contributed by atoms with Crippen molar-refractivity contribution in [2.24, 2.45) is 0 Å². The second-order valence-corrected chi connectivity index (χ2v) is 4.68. The Balaban J connectivity index is 2.02. The van der Waals surface area contributed by atoms with E-state index in [9.17, 15) is 0 Å². The van der Waals surface area contributed by atoms with Crippen molar-refractivity contribution in [3.05, 3.63) is 66.4 Å². The highest BCUT2D eigenvalue weighted by molar-refractivity contribution is 5.70. The van der Waals surface area contributed by atoms with Crippen LogP contribution in [0.2, 0.25) is 0 Å². The van der Waals surface area contributed by atoms with Gasteiger partial charge in [-0.2, -0.15) is 4.98 Å². The van der Waals surface area contributed by atoms with Crippen LogP contribution in [0.4, 0.5) is 5.95 Å². The number of rotatable bonds is 3. The van der Waals surface area contributed by atoms with Crippen molar-refractivity contribution in [1.82, 2.24) is 9.97 Å². The number of nitrogens with zero attached hydrogens (tertiary/aromatic N) is 2. The van der Waals surface area contributed by atoms with Gasteiger partial charge in [0, 0.05) is 17.3 Å². The molecule has 2 aromatic carbocycles. The van der Waals surface area contributed by atoms with Crippen LogP contribution in [0, 0.1) is 6.92 Å². The number of para-hydroxylation sites is 1. The van der Waals surface area contributed by atoms with E-state index in [2.05, 4.69) is 9.97 Å². The van der Waals surface area contributed by atoms with Crippen molar-refractivity contribution < 1.29 is 4.74 Å². The molecule has 4 heteroatoms. The first-order chi connectivity index (χ1) is 10.2. The fraction of sp³-hybridized carbons (Fsp3) is 0.0588.